The zero-order valence-corrected chi connectivity index (χ0v) is 10.1. The first-order valence-corrected chi connectivity index (χ1v) is 5.97. The predicted octanol–water partition coefficient (Wildman–Crippen LogP) is 3.95. The van der Waals surface area contributed by atoms with E-state index in [0.29, 0.717) is 17.0 Å². The zero-order chi connectivity index (χ0) is 13.1. The van der Waals surface area contributed by atoms with Crippen LogP contribution in [0, 0.1) is 5.82 Å². The summed E-state index contributed by atoms with van der Waals surface area (Å²) in [7, 11) is 0. The highest BCUT2D eigenvalue weighted by atomic mass is 19.1. The van der Waals surface area contributed by atoms with Crippen molar-refractivity contribution < 1.29 is 4.39 Å². The van der Waals surface area contributed by atoms with E-state index >= 15 is 0 Å². The third kappa shape index (κ3) is 2.36. The van der Waals surface area contributed by atoms with E-state index in [4.69, 9.17) is 0 Å². The molecule has 0 saturated carbocycles. The Morgan fingerprint density at radius 2 is 1.32 bits per heavy atom. The van der Waals surface area contributed by atoms with Crippen molar-refractivity contribution in [3.63, 3.8) is 0 Å². The van der Waals surface area contributed by atoms with Gasteiger partial charge in [-0.3, -0.25) is 0 Å². The fraction of sp³-hybridized carbons (Fsp3) is 0. The Hall–Kier alpha value is -2.55. The summed E-state index contributed by atoms with van der Waals surface area (Å²) in [5, 5.41) is 0. The molecule has 0 saturated heterocycles. The van der Waals surface area contributed by atoms with Gasteiger partial charge in [-0.05, 0) is 6.07 Å². The minimum absolute atomic E-state index is 0.265. The molecule has 0 N–H and O–H groups in total. The molecule has 0 aliphatic carbocycles. The molecule has 0 aliphatic heterocycles. The summed E-state index contributed by atoms with van der Waals surface area (Å²) in [6.45, 7) is 0. The number of rotatable bonds is 2. The smallest absolute Gasteiger partial charge is 0.159 e. The second-order valence-corrected chi connectivity index (χ2v) is 4.14. The number of hydrogen-bond donors (Lipinski definition) is 0. The molecule has 0 fully saturated rings. The number of nitrogens with zero attached hydrogens (tertiary/aromatic N) is 2. The molecule has 0 unspecified atom stereocenters. The lowest BCUT2D eigenvalue weighted by atomic mass is 10.1. The van der Waals surface area contributed by atoms with Crippen LogP contribution in [0.5, 0.6) is 0 Å². The highest BCUT2D eigenvalue weighted by Crippen LogP contribution is 2.22. The molecule has 3 heteroatoms. The lowest BCUT2D eigenvalue weighted by molar-refractivity contribution is 0.631. The topological polar surface area (TPSA) is 25.8 Å². The van der Waals surface area contributed by atoms with Crippen molar-refractivity contribution in [3.05, 3.63) is 72.8 Å². The summed E-state index contributed by atoms with van der Waals surface area (Å²) in [4.78, 5) is 8.58. The average molecular weight is 250 g/mol. The maximum absolute atomic E-state index is 13.6. The summed E-state index contributed by atoms with van der Waals surface area (Å²) < 4.78 is 13.6. The van der Waals surface area contributed by atoms with Gasteiger partial charge in [0.15, 0.2) is 5.82 Å². The number of hydrogen-bond acceptors (Lipinski definition) is 2. The van der Waals surface area contributed by atoms with Crippen LogP contribution in [0.3, 0.4) is 0 Å². The lowest BCUT2D eigenvalue weighted by Gasteiger charge is -2.04. The first-order valence-electron chi connectivity index (χ1n) is 5.97. The fourth-order valence-corrected chi connectivity index (χ4v) is 1.90. The van der Waals surface area contributed by atoms with Crippen LogP contribution in [0.1, 0.15) is 0 Å². The molecular formula is C16H11FN2. The van der Waals surface area contributed by atoms with E-state index in [0.717, 1.165) is 5.56 Å². The first-order chi connectivity index (χ1) is 9.34. The van der Waals surface area contributed by atoms with Gasteiger partial charge in [-0.15, -0.1) is 0 Å². The summed E-state index contributed by atoms with van der Waals surface area (Å²) >= 11 is 0. The van der Waals surface area contributed by atoms with Gasteiger partial charge in [0.25, 0.3) is 0 Å². The van der Waals surface area contributed by atoms with Crippen molar-refractivity contribution in [2.75, 3.05) is 0 Å². The van der Waals surface area contributed by atoms with Crippen LogP contribution >= 0.6 is 0 Å². The first kappa shape index (κ1) is 11.5. The quantitative estimate of drug-likeness (QED) is 0.688. The van der Waals surface area contributed by atoms with E-state index in [1.54, 1.807) is 30.6 Å². The minimum Gasteiger partial charge on any atom is -0.236 e. The molecule has 0 atom stereocenters. The second-order valence-electron chi connectivity index (χ2n) is 4.14. The molecule has 19 heavy (non-hydrogen) atoms. The molecule has 0 radical (unpaired) electrons. The monoisotopic (exact) mass is 250 g/mol. The summed E-state index contributed by atoms with van der Waals surface area (Å²) in [6.07, 6.45) is 3.29. The third-order valence-corrected chi connectivity index (χ3v) is 2.87. The van der Waals surface area contributed by atoms with Gasteiger partial charge >= 0.3 is 0 Å². The van der Waals surface area contributed by atoms with Gasteiger partial charge < -0.3 is 0 Å². The Balaban J connectivity index is 1.98. The highest BCUT2D eigenvalue weighted by Gasteiger charge is 2.06. The highest BCUT2D eigenvalue weighted by molar-refractivity contribution is 5.64. The molecule has 0 amide bonds. The predicted molar refractivity (Wildman–Crippen MR) is 72.9 cm³/mol. The summed E-state index contributed by atoms with van der Waals surface area (Å²) in [5.74, 6) is 0.374. The maximum Gasteiger partial charge on any atom is 0.159 e. The van der Waals surface area contributed by atoms with Gasteiger partial charge in [0, 0.05) is 29.1 Å². The van der Waals surface area contributed by atoms with Crippen LogP contribution in [0.2, 0.25) is 0 Å². The van der Waals surface area contributed by atoms with E-state index in [1.807, 2.05) is 30.3 Å². The van der Waals surface area contributed by atoms with Gasteiger partial charge in [-0.25, -0.2) is 14.4 Å². The van der Waals surface area contributed by atoms with Crippen LogP contribution in [0.4, 0.5) is 4.39 Å². The van der Waals surface area contributed by atoms with E-state index in [9.17, 15) is 4.39 Å². The number of aromatic nitrogens is 2. The molecule has 3 rings (SSSR count). The van der Waals surface area contributed by atoms with Crippen molar-refractivity contribution in [1.82, 2.24) is 9.97 Å². The summed E-state index contributed by atoms with van der Waals surface area (Å²) in [5.41, 5.74) is 2.14. The van der Waals surface area contributed by atoms with Crippen LogP contribution in [-0.2, 0) is 0 Å². The van der Waals surface area contributed by atoms with Gasteiger partial charge in [0.05, 0.1) is 0 Å². The number of benzene rings is 2. The zero-order valence-electron chi connectivity index (χ0n) is 10.1. The Labute approximate surface area is 110 Å². The fourth-order valence-electron chi connectivity index (χ4n) is 1.90. The summed E-state index contributed by atoms with van der Waals surface area (Å²) in [6, 6.07) is 16.3. The van der Waals surface area contributed by atoms with Crippen LogP contribution in [0.25, 0.3) is 22.5 Å². The van der Waals surface area contributed by atoms with E-state index < -0.39 is 0 Å². The molecule has 3 aromatic rings. The molecule has 0 bridgehead atoms. The third-order valence-electron chi connectivity index (χ3n) is 2.87. The van der Waals surface area contributed by atoms with E-state index in [1.165, 1.54) is 6.07 Å². The molecule has 2 nitrogen and oxygen atoms in total. The number of halogens is 1. The van der Waals surface area contributed by atoms with Crippen LogP contribution in [-0.4, -0.2) is 9.97 Å². The van der Waals surface area contributed by atoms with Crippen molar-refractivity contribution in [2.45, 2.75) is 0 Å². The largest absolute Gasteiger partial charge is 0.236 e. The van der Waals surface area contributed by atoms with E-state index in [2.05, 4.69) is 9.97 Å². The second kappa shape index (κ2) is 4.98. The van der Waals surface area contributed by atoms with Gasteiger partial charge in [0.1, 0.15) is 5.82 Å². The molecule has 1 heterocycles. The molecule has 0 aliphatic rings. The van der Waals surface area contributed by atoms with Crippen LogP contribution < -0.4 is 0 Å². The average Bonchev–Trinajstić information content (AvgIpc) is 2.49. The Kier molecular flexibility index (Phi) is 3.02. The van der Waals surface area contributed by atoms with Crippen LogP contribution in [0.15, 0.2) is 67.0 Å². The van der Waals surface area contributed by atoms with E-state index in [-0.39, 0.29) is 5.82 Å². The molecule has 2 aromatic carbocycles. The minimum atomic E-state index is -0.265. The van der Waals surface area contributed by atoms with Crippen molar-refractivity contribution >= 4 is 0 Å². The Bertz CT molecular complexity index is 679. The molecule has 92 valence electrons. The van der Waals surface area contributed by atoms with Crippen molar-refractivity contribution in [3.8, 4) is 22.5 Å². The molecule has 1 aromatic heterocycles. The van der Waals surface area contributed by atoms with Gasteiger partial charge in [-0.2, -0.15) is 0 Å². The lowest BCUT2D eigenvalue weighted by Crippen LogP contribution is -1.91. The standard InChI is InChI=1S/C16H11FN2/c17-15-9-5-4-8-14(15)13-10-18-16(19-11-13)12-6-2-1-3-7-12/h1-11H. The normalized spacial score (nSPS) is 10.4. The van der Waals surface area contributed by atoms with Gasteiger partial charge in [0.2, 0.25) is 0 Å². The van der Waals surface area contributed by atoms with Crippen molar-refractivity contribution in [2.24, 2.45) is 0 Å². The molecule has 0 spiro atoms. The molecular weight excluding hydrogens is 239 g/mol. The Morgan fingerprint density at radius 1 is 0.684 bits per heavy atom. The Morgan fingerprint density at radius 3 is 2.00 bits per heavy atom. The van der Waals surface area contributed by atoms with Gasteiger partial charge in [-0.1, -0.05) is 48.5 Å². The van der Waals surface area contributed by atoms with Crippen molar-refractivity contribution in [1.29, 1.82) is 0 Å². The SMILES string of the molecule is Fc1ccccc1-c1cnc(-c2ccccc2)nc1. The maximum atomic E-state index is 13.6.